The van der Waals surface area contributed by atoms with Crippen LogP contribution in [0.4, 0.5) is 0 Å². The first-order valence-electron chi connectivity index (χ1n) is 9.96. The van der Waals surface area contributed by atoms with E-state index in [2.05, 4.69) is 14.6 Å². The van der Waals surface area contributed by atoms with Crippen molar-refractivity contribution in [3.63, 3.8) is 0 Å². The quantitative estimate of drug-likeness (QED) is 0.834. The topological polar surface area (TPSA) is 71.5 Å². The average Bonchev–Trinajstić information content (AvgIpc) is 2.75. The van der Waals surface area contributed by atoms with Gasteiger partial charge in [-0.1, -0.05) is 12.1 Å². The summed E-state index contributed by atoms with van der Waals surface area (Å²) in [6, 6.07) is 11.4. The van der Waals surface area contributed by atoms with Crippen molar-refractivity contribution >= 4 is 10.0 Å². The predicted molar refractivity (Wildman–Crippen MR) is 108 cm³/mol. The first-order chi connectivity index (χ1) is 13.6. The van der Waals surface area contributed by atoms with Crippen molar-refractivity contribution in [2.75, 3.05) is 26.3 Å². The molecule has 2 saturated heterocycles. The summed E-state index contributed by atoms with van der Waals surface area (Å²) < 4.78 is 34.2. The van der Waals surface area contributed by atoms with E-state index in [9.17, 15) is 8.42 Å². The molecule has 150 valence electrons. The lowest BCUT2D eigenvalue weighted by atomic mass is 10.0. The molecule has 28 heavy (non-hydrogen) atoms. The van der Waals surface area contributed by atoms with Gasteiger partial charge >= 0.3 is 0 Å². The number of likely N-dealkylation sites (tertiary alicyclic amines) is 1. The molecule has 4 rings (SSSR count). The van der Waals surface area contributed by atoms with Crippen LogP contribution in [0, 0.1) is 0 Å². The number of piperidine rings is 1. The molecule has 7 heteroatoms. The van der Waals surface area contributed by atoms with Crippen LogP contribution in [0.25, 0.3) is 11.1 Å². The highest BCUT2D eigenvalue weighted by atomic mass is 32.2. The third-order valence-electron chi connectivity index (χ3n) is 5.72. The minimum atomic E-state index is -3.54. The van der Waals surface area contributed by atoms with Gasteiger partial charge in [-0.3, -0.25) is 4.98 Å². The van der Waals surface area contributed by atoms with Gasteiger partial charge in [-0.2, -0.15) is 0 Å². The van der Waals surface area contributed by atoms with E-state index in [1.54, 1.807) is 30.6 Å². The molecule has 1 N–H and O–H groups in total. The maximum atomic E-state index is 12.9. The van der Waals surface area contributed by atoms with Crippen molar-refractivity contribution in [3.8, 4) is 11.1 Å². The Labute approximate surface area is 167 Å². The molecule has 0 saturated carbocycles. The van der Waals surface area contributed by atoms with E-state index >= 15 is 0 Å². The molecule has 6 nitrogen and oxygen atoms in total. The van der Waals surface area contributed by atoms with Crippen LogP contribution in [0.5, 0.6) is 0 Å². The van der Waals surface area contributed by atoms with Crippen LogP contribution in [0.3, 0.4) is 0 Å². The number of aromatic nitrogens is 1. The van der Waals surface area contributed by atoms with Gasteiger partial charge in [0.25, 0.3) is 0 Å². The molecule has 2 aromatic rings. The average molecular weight is 402 g/mol. The molecule has 0 atom stereocenters. The van der Waals surface area contributed by atoms with Crippen LogP contribution >= 0.6 is 0 Å². The Balaban J connectivity index is 1.40. The van der Waals surface area contributed by atoms with Crippen LogP contribution in [0.2, 0.25) is 0 Å². The van der Waals surface area contributed by atoms with Crippen molar-refractivity contribution in [2.45, 2.75) is 42.7 Å². The van der Waals surface area contributed by atoms with Gasteiger partial charge in [0.05, 0.1) is 4.90 Å². The molecule has 2 aliphatic heterocycles. The van der Waals surface area contributed by atoms with Gasteiger partial charge in [-0.05, 0) is 74.2 Å². The third kappa shape index (κ3) is 4.60. The second-order valence-electron chi connectivity index (χ2n) is 7.54. The molecule has 1 aromatic heterocycles. The van der Waals surface area contributed by atoms with E-state index in [1.807, 2.05) is 18.2 Å². The van der Waals surface area contributed by atoms with E-state index in [0.29, 0.717) is 10.9 Å². The fourth-order valence-corrected chi connectivity index (χ4v) is 5.46. The minimum absolute atomic E-state index is 0.00864. The Morgan fingerprint density at radius 3 is 2.39 bits per heavy atom. The minimum Gasteiger partial charge on any atom is -0.381 e. The second kappa shape index (κ2) is 8.69. The molecule has 0 spiro atoms. The van der Waals surface area contributed by atoms with Crippen molar-refractivity contribution in [1.82, 2.24) is 14.6 Å². The summed E-state index contributed by atoms with van der Waals surface area (Å²) in [7, 11) is -3.54. The maximum absolute atomic E-state index is 12.9. The van der Waals surface area contributed by atoms with Gasteiger partial charge in [0.1, 0.15) is 0 Å². The predicted octanol–water partition coefficient (Wildman–Crippen LogP) is 2.67. The normalized spacial score (nSPS) is 20.3. The largest absolute Gasteiger partial charge is 0.381 e. The Hall–Kier alpha value is -1.80. The Kier molecular flexibility index (Phi) is 6.06. The fourth-order valence-electron chi connectivity index (χ4n) is 4.11. The summed E-state index contributed by atoms with van der Waals surface area (Å²) in [5, 5.41) is 0. The molecule has 2 fully saturated rings. The smallest absolute Gasteiger partial charge is 0.240 e. The van der Waals surface area contributed by atoms with E-state index in [0.717, 1.165) is 63.1 Å². The number of hydrogen-bond donors (Lipinski definition) is 1. The number of sulfonamides is 1. The maximum Gasteiger partial charge on any atom is 0.240 e. The second-order valence-corrected chi connectivity index (χ2v) is 9.25. The summed E-state index contributed by atoms with van der Waals surface area (Å²) >= 11 is 0. The highest BCUT2D eigenvalue weighted by Gasteiger charge is 2.29. The van der Waals surface area contributed by atoms with Gasteiger partial charge < -0.3 is 9.64 Å². The third-order valence-corrected chi connectivity index (χ3v) is 7.23. The first-order valence-corrected chi connectivity index (χ1v) is 11.4. The van der Waals surface area contributed by atoms with E-state index in [1.165, 1.54) is 0 Å². The number of nitrogens with one attached hydrogen (secondary N) is 1. The highest BCUT2D eigenvalue weighted by molar-refractivity contribution is 7.89. The van der Waals surface area contributed by atoms with Gasteiger partial charge in [-0.25, -0.2) is 13.1 Å². The molecule has 0 unspecified atom stereocenters. The number of pyridine rings is 1. The monoisotopic (exact) mass is 401 g/mol. The molecule has 0 aliphatic carbocycles. The van der Waals surface area contributed by atoms with Crippen LogP contribution in [-0.4, -0.2) is 56.7 Å². The number of benzene rings is 1. The van der Waals surface area contributed by atoms with E-state index in [-0.39, 0.29) is 6.04 Å². The highest BCUT2D eigenvalue weighted by Crippen LogP contribution is 2.24. The van der Waals surface area contributed by atoms with E-state index < -0.39 is 10.0 Å². The lowest BCUT2D eigenvalue weighted by Crippen LogP contribution is -2.49. The van der Waals surface area contributed by atoms with Crippen LogP contribution in [-0.2, 0) is 14.8 Å². The van der Waals surface area contributed by atoms with E-state index in [4.69, 9.17) is 4.74 Å². The fraction of sp³-hybridized carbons (Fsp3) is 0.476. The molecule has 1 aromatic carbocycles. The zero-order valence-electron chi connectivity index (χ0n) is 16.0. The van der Waals surface area contributed by atoms with Crippen molar-refractivity contribution in [2.24, 2.45) is 0 Å². The Bertz CT molecular complexity index is 875. The zero-order chi connectivity index (χ0) is 19.4. The molecular weight excluding hydrogens is 374 g/mol. The molecule has 0 amide bonds. The zero-order valence-corrected chi connectivity index (χ0v) is 16.8. The van der Waals surface area contributed by atoms with Gasteiger partial charge in [-0.15, -0.1) is 0 Å². The summed E-state index contributed by atoms with van der Waals surface area (Å²) in [5.41, 5.74) is 1.83. The number of ether oxygens (including phenoxy) is 1. The Morgan fingerprint density at radius 2 is 1.68 bits per heavy atom. The molecular formula is C21H27N3O3S. The molecule has 0 radical (unpaired) electrons. The van der Waals surface area contributed by atoms with Crippen molar-refractivity contribution in [3.05, 3.63) is 48.8 Å². The van der Waals surface area contributed by atoms with Crippen LogP contribution < -0.4 is 4.72 Å². The van der Waals surface area contributed by atoms with Gasteiger partial charge in [0, 0.05) is 37.7 Å². The van der Waals surface area contributed by atoms with Gasteiger partial charge in [0.15, 0.2) is 0 Å². The summed E-state index contributed by atoms with van der Waals surface area (Å²) in [5.74, 6) is 0. The SMILES string of the molecule is O=S(=O)(NC1CCN(C2CCOCC2)CC1)c1cccc(-c2ccncc2)c1. The molecule has 3 heterocycles. The van der Waals surface area contributed by atoms with Gasteiger partial charge in [0.2, 0.25) is 10.0 Å². The van der Waals surface area contributed by atoms with Crippen molar-refractivity contribution in [1.29, 1.82) is 0 Å². The lowest BCUT2D eigenvalue weighted by molar-refractivity contribution is 0.0248. The Morgan fingerprint density at radius 1 is 0.964 bits per heavy atom. The standard InChI is InChI=1S/C21H27N3O3S/c25-28(26,21-3-1-2-18(16-21)17-4-10-22-11-5-17)23-19-6-12-24(13-7-19)20-8-14-27-15-9-20/h1-5,10-11,16,19-20,23H,6-9,12-15H2. The van der Waals surface area contributed by atoms with Crippen LogP contribution in [0.1, 0.15) is 25.7 Å². The summed E-state index contributed by atoms with van der Waals surface area (Å²) in [6.45, 7) is 3.56. The number of hydrogen-bond acceptors (Lipinski definition) is 5. The summed E-state index contributed by atoms with van der Waals surface area (Å²) in [6.07, 6.45) is 7.28. The molecule has 0 bridgehead atoms. The van der Waals surface area contributed by atoms with Crippen molar-refractivity contribution < 1.29 is 13.2 Å². The number of rotatable bonds is 5. The lowest BCUT2D eigenvalue weighted by Gasteiger charge is -2.39. The van der Waals surface area contributed by atoms with Crippen LogP contribution in [0.15, 0.2) is 53.7 Å². The summed E-state index contributed by atoms with van der Waals surface area (Å²) in [4.78, 5) is 6.83. The number of nitrogens with zero attached hydrogens (tertiary/aromatic N) is 2. The first kappa shape index (κ1) is 19.5. The molecule has 2 aliphatic rings.